The molecule has 2 aliphatic carbocycles. The fourth-order valence-corrected chi connectivity index (χ4v) is 7.37. The van der Waals surface area contributed by atoms with E-state index < -0.39 is 11.5 Å². The topological polar surface area (TPSA) is 74.3 Å². The zero-order valence-electron chi connectivity index (χ0n) is 22.3. The van der Waals surface area contributed by atoms with Gasteiger partial charge in [-0.15, -0.1) is 0 Å². The van der Waals surface area contributed by atoms with Crippen LogP contribution in [0.1, 0.15) is 55.2 Å². The molecule has 202 valence electrons. The number of nitrogens with one attached hydrogen (secondary N) is 2. The number of ether oxygens (including phenoxy) is 1. The average molecular weight is 543 g/mol. The molecule has 0 amide bonds. The van der Waals surface area contributed by atoms with Gasteiger partial charge in [0.1, 0.15) is 11.3 Å². The molecule has 3 N–H and O–H groups in total. The van der Waals surface area contributed by atoms with Gasteiger partial charge in [-0.3, -0.25) is 0 Å². The molecule has 5 nitrogen and oxygen atoms in total. The summed E-state index contributed by atoms with van der Waals surface area (Å²) >= 11 is 6.19. The molecule has 2 aliphatic rings. The summed E-state index contributed by atoms with van der Waals surface area (Å²) in [5, 5.41) is 15.4. The van der Waals surface area contributed by atoms with E-state index in [4.69, 9.17) is 16.3 Å². The molecule has 1 saturated carbocycles. The van der Waals surface area contributed by atoms with Gasteiger partial charge in [0.15, 0.2) is 0 Å². The maximum atomic E-state index is 12.6. The molecule has 1 heterocycles. The van der Waals surface area contributed by atoms with E-state index in [1.165, 1.54) is 16.7 Å². The molecule has 0 radical (unpaired) electrons. The van der Waals surface area contributed by atoms with Gasteiger partial charge in [0.05, 0.1) is 6.61 Å². The van der Waals surface area contributed by atoms with Gasteiger partial charge in [0.25, 0.3) is 0 Å². The number of rotatable bonds is 8. The van der Waals surface area contributed by atoms with Crippen LogP contribution in [-0.2, 0) is 16.6 Å². The number of hydrogen-bond acceptors (Lipinski definition) is 3. The lowest BCUT2D eigenvalue weighted by Gasteiger charge is -2.47. The zero-order chi connectivity index (χ0) is 27.0. The molecule has 4 aromatic rings. The second-order valence-electron chi connectivity index (χ2n) is 11.4. The number of halogens is 1. The lowest BCUT2D eigenvalue weighted by molar-refractivity contribution is -0.144. The summed E-state index contributed by atoms with van der Waals surface area (Å²) < 4.78 is 6.29. The van der Waals surface area contributed by atoms with Crippen LogP contribution >= 0.6 is 11.6 Å². The number of aliphatic carboxylic acids is 1. The third-order valence-corrected chi connectivity index (χ3v) is 9.38. The molecule has 6 heteroatoms. The van der Waals surface area contributed by atoms with Crippen molar-refractivity contribution < 1.29 is 14.6 Å². The first-order valence-electron chi connectivity index (χ1n) is 13.9. The third kappa shape index (κ3) is 4.78. The summed E-state index contributed by atoms with van der Waals surface area (Å²) in [6.45, 7) is 2.76. The van der Waals surface area contributed by atoms with E-state index in [0.717, 1.165) is 54.4 Å². The van der Waals surface area contributed by atoms with E-state index in [9.17, 15) is 9.90 Å². The highest BCUT2D eigenvalue weighted by atomic mass is 35.5. The number of carboxylic acid groups (broad SMARTS) is 1. The van der Waals surface area contributed by atoms with Crippen LogP contribution in [0.4, 0.5) is 5.69 Å². The van der Waals surface area contributed by atoms with Crippen LogP contribution < -0.4 is 10.1 Å². The molecule has 1 spiro atoms. The van der Waals surface area contributed by atoms with Crippen molar-refractivity contribution in [1.82, 2.24) is 4.98 Å². The number of H-pyrrole nitrogens is 1. The Morgan fingerprint density at radius 3 is 2.69 bits per heavy atom. The normalized spacial score (nSPS) is 24.1. The second-order valence-corrected chi connectivity index (χ2v) is 11.9. The molecule has 39 heavy (non-hydrogen) atoms. The number of carboxylic acids is 1. The lowest BCUT2D eigenvalue weighted by atomic mass is 9.60. The van der Waals surface area contributed by atoms with Crippen molar-refractivity contribution in [3.63, 3.8) is 0 Å². The summed E-state index contributed by atoms with van der Waals surface area (Å²) in [5.74, 6) is 0.621. The molecule has 0 bridgehead atoms. The van der Waals surface area contributed by atoms with Gasteiger partial charge >= 0.3 is 5.97 Å². The highest BCUT2D eigenvalue weighted by Crippen LogP contribution is 2.55. The van der Waals surface area contributed by atoms with E-state index in [0.29, 0.717) is 30.4 Å². The minimum atomic E-state index is -0.992. The van der Waals surface area contributed by atoms with Crippen LogP contribution in [0.25, 0.3) is 10.9 Å². The molecule has 1 unspecified atom stereocenters. The quantitative estimate of drug-likeness (QED) is 0.198. The number of aromatic nitrogens is 1. The molecule has 0 aliphatic heterocycles. The monoisotopic (exact) mass is 542 g/mol. The van der Waals surface area contributed by atoms with Gasteiger partial charge in [-0.1, -0.05) is 41.9 Å². The van der Waals surface area contributed by atoms with Crippen molar-refractivity contribution in [2.45, 2.75) is 62.8 Å². The van der Waals surface area contributed by atoms with Crippen LogP contribution in [0.15, 0.2) is 72.9 Å². The van der Waals surface area contributed by atoms with Gasteiger partial charge in [0.2, 0.25) is 0 Å². The second kappa shape index (κ2) is 10.3. The van der Waals surface area contributed by atoms with E-state index >= 15 is 0 Å². The Morgan fingerprint density at radius 2 is 1.90 bits per heavy atom. The summed E-state index contributed by atoms with van der Waals surface area (Å²) in [6, 6.07) is 22.5. The Bertz CT molecular complexity index is 1500. The van der Waals surface area contributed by atoms with E-state index in [-0.39, 0.29) is 5.41 Å². The molecular weight excluding hydrogens is 508 g/mol. The van der Waals surface area contributed by atoms with Gasteiger partial charge in [-0.2, -0.15) is 0 Å². The zero-order valence-corrected chi connectivity index (χ0v) is 23.1. The predicted octanol–water partition coefficient (Wildman–Crippen LogP) is 7.91. The predicted molar refractivity (Wildman–Crippen MR) is 157 cm³/mol. The van der Waals surface area contributed by atoms with E-state index in [1.807, 2.05) is 18.3 Å². The summed E-state index contributed by atoms with van der Waals surface area (Å²) in [4.78, 5) is 15.9. The molecule has 1 atom stereocenters. The Morgan fingerprint density at radius 1 is 1.08 bits per heavy atom. The van der Waals surface area contributed by atoms with Crippen molar-refractivity contribution in [2.75, 3.05) is 11.9 Å². The maximum Gasteiger partial charge on any atom is 0.329 e. The van der Waals surface area contributed by atoms with Crippen molar-refractivity contribution in [2.24, 2.45) is 5.92 Å². The molecule has 0 saturated heterocycles. The number of hydrogen-bond donors (Lipinski definition) is 3. The third-order valence-electron chi connectivity index (χ3n) is 9.14. The average Bonchev–Trinajstić information content (AvgIpc) is 3.51. The smallest absolute Gasteiger partial charge is 0.329 e. The van der Waals surface area contributed by atoms with Crippen molar-refractivity contribution >= 4 is 34.2 Å². The fraction of sp³-hybridized carbons (Fsp3) is 0.364. The molecular formula is C33H35ClN2O3. The summed E-state index contributed by atoms with van der Waals surface area (Å²) in [5.41, 5.74) is 4.89. The van der Waals surface area contributed by atoms with Gasteiger partial charge in [0, 0.05) is 27.8 Å². The summed E-state index contributed by atoms with van der Waals surface area (Å²) in [6.07, 6.45) is 7.86. The Balaban J connectivity index is 1.18. The Kier molecular flexibility index (Phi) is 6.80. The minimum Gasteiger partial charge on any atom is -0.493 e. The highest BCUT2D eigenvalue weighted by Gasteiger charge is 2.53. The van der Waals surface area contributed by atoms with Crippen molar-refractivity contribution in [3.8, 4) is 5.75 Å². The standard InChI is InChI=1S/C33H35ClN2O3/c1-22-18-29-27(11-16-35-29)30(19-22)39-17-5-7-24-20-23-6-2-3-10-28(23)32(24)12-14-33(15-13-32,31(37)38)36-26-9-4-8-25(34)21-26/h2-4,6,8-11,16,18-19,21,24,35-36H,5,7,12-15,17,20H2,1H3,(H,37,38). The summed E-state index contributed by atoms with van der Waals surface area (Å²) in [7, 11) is 0. The van der Waals surface area contributed by atoms with Crippen LogP contribution in [0, 0.1) is 12.8 Å². The lowest BCUT2D eigenvalue weighted by Crippen LogP contribution is -2.53. The van der Waals surface area contributed by atoms with Crippen LogP contribution in [0.3, 0.4) is 0 Å². The number of carbonyl (C=O) groups is 1. The minimum absolute atomic E-state index is 0.00277. The largest absolute Gasteiger partial charge is 0.493 e. The van der Waals surface area contributed by atoms with Crippen LogP contribution in [0.5, 0.6) is 5.75 Å². The van der Waals surface area contributed by atoms with Gasteiger partial charge in [-0.25, -0.2) is 4.79 Å². The first-order valence-corrected chi connectivity index (χ1v) is 14.3. The number of benzene rings is 3. The van der Waals surface area contributed by atoms with Crippen LogP contribution in [0.2, 0.25) is 5.02 Å². The van der Waals surface area contributed by atoms with E-state index in [2.05, 4.69) is 59.7 Å². The van der Waals surface area contributed by atoms with Crippen molar-refractivity contribution in [3.05, 3.63) is 94.6 Å². The Labute approximate surface area is 234 Å². The van der Waals surface area contributed by atoms with Gasteiger partial charge < -0.3 is 20.1 Å². The molecule has 3 aromatic carbocycles. The molecule has 6 rings (SSSR count). The van der Waals surface area contributed by atoms with Crippen molar-refractivity contribution in [1.29, 1.82) is 0 Å². The SMILES string of the molecule is Cc1cc(OCCCC2Cc3ccccc3C23CCC(Nc2cccc(Cl)c2)(C(=O)O)CC3)c2cc[nH]c2c1. The molecule has 1 aromatic heterocycles. The number of aromatic amines is 1. The highest BCUT2D eigenvalue weighted by molar-refractivity contribution is 6.30. The Hall–Kier alpha value is -3.44. The first-order chi connectivity index (χ1) is 18.9. The van der Waals surface area contributed by atoms with Gasteiger partial charge in [-0.05, 0) is 116 Å². The molecule has 1 fully saturated rings. The van der Waals surface area contributed by atoms with E-state index in [1.54, 1.807) is 12.1 Å². The number of fused-ring (bicyclic) bond motifs is 3. The first kappa shape index (κ1) is 25.8. The fourth-order valence-electron chi connectivity index (χ4n) is 7.18. The van der Waals surface area contributed by atoms with Crippen LogP contribution in [-0.4, -0.2) is 28.2 Å². The number of aryl methyl sites for hydroxylation is 1. The maximum absolute atomic E-state index is 12.6. The number of anilines is 1.